The molecule has 3 aromatic carbocycles. The Kier molecular flexibility index (Phi) is 7.75. The molecule has 0 heterocycles. The van der Waals surface area contributed by atoms with Gasteiger partial charge in [0.1, 0.15) is 0 Å². The first kappa shape index (κ1) is 21.0. The van der Waals surface area contributed by atoms with Gasteiger partial charge in [-0.05, 0) is 68.3 Å². The van der Waals surface area contributed by atoms with E-state index in [-0.39, 0.29) is 0 Å². The Morgan fingerprint density at radius 2 is 1.00 bits per heavy atom. The fourth-order valence-corrected chi connectivity index (χ4v) is 3.60. The lowest BCUT2D eigenvalue weighted by Crippen LogP contribution is -2.25. The standard InChI is InChI=1S/C27H34N2/c1-4-6-21-28(22-7-5-2)24-17-19-27(20-18-24)29(25-11-9-8-10-12-25)26-15-13-23(3)14-16-26/h8-20H,4-7,21-22H2,1-3H3. The second-order valence-corrected chi connectivity index (χ2v) is 7.72. The van der Waals surface area contributed by atoms with Crippen LogP contribution in [0, 0.1) is 6.92 Å². The highest BCUT2D eigenvalue weighted by Gasteiger charge is 2.13. The van der Waals surface area contributed by atoms with Crippen LogP contribution in [-0.2, 0) is 0 Å². The lowest BCUT2D eigenvalue weighted by atomic mass is 10.1. The highest BCUT2D eigenvalue weighted by atomic mass is 15.1. The molecule has 0 atom stereocenters. The van der Waals surface area contributed by atoms with Crippen molar-refractivity contribution < 1.29 is 0 Å². The number of benzene rings is 3. The highest BCUT2D eigenvalue weighted by molar-refractivity contribution is 5.77. The zero-order valence-electron chi connectivity index (χ0n) is 18.1. The second kappa shape index (κ2) is 10.7. The van der Waals surface area contributed by atoms with E-state index in [1.54, 1.807) is 0 Å². The van der Waals surface area contributed by atoms with Gasteiger partial charge in [-0.3, -0.25) is 0 Å². The summed E-state index contributed by atoms with van der Waals surface area (Å²) < 4.78 is 0. The molecule has 0 amide bonds. The van der Waals surface area contributed by atoms with Crippen LogP contribution in [0.5, 0.6) is 0 Å². The predicted octanol–water partition coefficient (Wildman–Crippen LogP) is 7.87. The van der Waals surface area contributed by atoms with E-state index in [0.29, 0.717) is 0 Å². The summed E-state index contributed by atoms with van der Waals surface area (Å²) in [6.07, 6.45) is 4.95. The molecule has 0 aromatic heterocycles. The molecule has 0 aliphatic rings. The molecule has 0 bridgehead atoms. The molecule has 0 N–H and O–H groups in total. The fourth-order valence-electron chi connectivity index (χ4n) is 3.60. The van der Waals surface area contributed by atoms with Crippen molar-refractivity contribution in [1.29, 1.82) is 0 Å². The average Bonchev–Trinajstić information content (AvgIpc) is 2.77. The summed E-state index contributed by atoms with van der Waals surface area (Å²) in [6.45, 7) is 8.93. The summed E-state index contributed by atoms with van der Waals surface area (Å²) in [7, 11) is 0. The quantitative estimate of drug-likeness (QED) is 0.350. The van der Waals surface area contributed by atoms with Crippen LogP contribution in [0.2, 0.25) is 0 Å². The summed E-state index contributed by atoms with van der Waals surface area (Å²) in [6, 6.07) is 28.4. The summed E-state index contributed by atoms with van der Waals surface area (Å²) >= 11 is 0. The number of nitrogens with zero attached hydrogens (tertiary/aromatic N) is 2. The van der Waals surface area contributed by atoms with E-state index in [9.17, 15) is 0 Å². The SMILES string of the molecule is CCCCN(CCCC)c1ccc(N(c2ccccc2)c2ccc(C)cc2)cc1. The third-order valence-electron chi connectivity index (χ3n) is 5.34. The summed E-state index contributed by atoms with van der Waals surface area (Å²) in [5.41, 5.74) is 6.16. The van der Waals surface area contributed by atoms with E-state index < -0.39 is 0 Å². The molecule has 3 aromatic rings. The highest BCUT2D eigenvalue weighted by Crippen LogP contribution is 2.35. The molecule has 152 valence electrons. The molecule has 0 saturated heterocycles. The van der Waals surface area contributed by atoms with E-state index in [0.717, 1.165) is 13.1 Å². The van der Waals surface area contributed by atoms with Crippen molar-refractivity contribution >= 4 is 22.7 Å². The molecule has 0 saturated carbocycles. The molecule has 0 fully saturated rings. The van der Waals surface area contributed by atoms with Gasteiger partial charge in [0.2, 0.25) is 0 Å². The fraction of sp³-hybridized carbons (Fsp3) is 0.333. The molecule has 2 nitrogen and oxygen atoms in total. The zero-order valence-corrected chi connectivity index (χ0v) is 18.1. The van der Waals surface area contributed by atoms with Crippen molar-refractivity contribution in [2.45, 2.75) is 46.5 Å². The zero-order chi connectivity index (χ0) is 20.5. The van der Waals surface area contributed by atoms with Gasteiger partial charge in [0, 0.05) is 35.8 Å². The summed E-state index contributed by atoms with van der Waals surface area (Å²) in [4.78, 5) is 4.86. The van der Waals surface area contributed by atoms with Gasteiger partial charge in [-0.15, -0.1) is 0 Å². The number of hydrogen-bond donors (Lipinski definition) is 0. The number of rotatable bonds is 10. The lowest BCUT2D eigenvalue weighted by molar-refractivity contribution is 0.678. The first-order chi connectivity index (χ1) is 14.2. The van der Waals surface area contributed by atoms with Gasteiger partial charge in [-0.2, -0.15) is 0 Å². The summed E-state index contributed by atoms with van der Waals surface area (Å²) in [5, 5.41) is 0. The van der Waals surface area contributed by atoms with Crippen molar-refractivity contribution in [3.05, 3.63) is 84.4 Å². The Morgan fingerprint density at radius 3 is 1.52 bits per heavy atom. The number of anilines is 4. The molecule has 29 heavy (non-hydrogen) atoms. The van der Waals surface area contributed by atoms with E-state index in [1.165, 1.54) is 54.0 Å². The van der Waals surface area contributed by atoms with Gasteiger partial charge >= 0.3 is 0 Å². The van der Waals surface area contributed by atoms with Crippen LogP contribution in [0.25, 0.3) is 0 Å². The normalized spacial score (nSPS) is 10.7. The van der Waals surface area contributed by atoms with Gasteiger partial charge in [0.05, 0.1) is 0 Å². The minimum atomic E-state index is 1.14. The average molecular weight is 387 g/mol. The predicted molar refractivity (Wildman–Crippen MR) is 128 cm³/mol. The van der Waals surface area contributed by atoms with Crippen molar-refractivity contribution in [2.75, 3.05) is 22.9 Å². The Balaban J connectivity index is 1.91. The summed E-state index contributed by atoms with van der Waals surface area (Å²) in [5.74, 6) is 0. The second-order valence-electron chi connectivity index (χ2n) is 7.72. The maximum Gasteiger partial charge on any atom is 0.0463 e. The monoisotopic (exact) mass is 386 g/mol. The lowest BCUT2D eigenvalue weighted by Gasteiger charge is -2.28. The van der Waals surface area contributed by atoms with Crippen molar-refractivity contribution in [3.63, 3.8) is 0 Å². The minimum Gasteiger partial charge on any atom is -0.372 e. The van der Waals surface area contributed by atoms with Gasteiger partial charge < -0.3 is 9.80 Å². The Hall–Kier alpha value is -2.74. The number of para-hydroxylation sites is 1. The maximum atomic E-state index is 2.54. The van der Waals surface area contributed by atoms with Crippen LogP contribution in [0.4, 0.5) is 22.7 Å². The Bertz CT molecular complexity index is 830. The minimum absolute atomic E-state index is 1.14. The Morgan fingerprint density at radius 1 is 0.552 bits per heavy atom. The van der Waals surface area contributed by atoms with E-state index in [4.69, 9.17) is 0 Å². The van der Waals surface area contributed by atoms with E-state index in [1.807, 2.05) is 0 Å². The molecule has 3 rings (SSSR count). The molecule has 2 heteroatoms. The van der Waals surface area contributed by atoms with Crippen molar-refractivity contribution in [1.82, 2.24) is 0 Å². The molecular weight excluding hydrogens is 352 g/mol. The topological polar surface area (TPSA) is 6.48 Å². The first-order valence-electron chi connectivity index (χ1n) is 11.0. The molecular formula is C27H34N2. The largest absolute Gasteiger partial charge is 0.372 e. The van der Waals surface area contributed by atoms with Crippen molar-refractivity contribution in [3.8, 4) is 0 Å². The van der Waals surface area contributed by atoms with Crippen LogP contribution in [-0.4, -0.2) is 13.1 Å². The van der Waals surface area contributed by atoms with Gasteiger partial charge in [0.25, 0.3) is 0 Å². The van der Waals surface area contributed by atoms with Gasteiger partial charge in [-0.25, -0.2) is 0 Å². The van der Waals surface area contributed by atoms with E-state index in [2.05, 4.69) is 109 Å². The first-order valence-corrected chi connectivity index (χ1v) is 11.0. The van der Waals surface area contributed by atoms with Crippen LogP contribution in [0.3, 0.4) is 0 Å². The van der Waals surface area contributed by atoms with Crippen LogP contribution in [0.1, 0.15) is 45.1 Å². The number of hydrogen-bond acceptors (Lipinski definition) is 2. The number of unbranched alkanes of at least 4 members (excludes halogenated alkanes) is 2. The molecule has 0 spiro atoms. The third kappa shape index (κ3) is 5.63. The maximum absolute atomic E-state index is 2.54. The molecule has 0 aliphatic carbocycles. The molecule has 0 radical (unpaired) electrons. The van der Waals surface area contributed by atoms with E-state index >= 15 is 0 Å². The van der Waals surface area contributed by atoms with Crippen molar-refractivity contribution in [2.24, 2.45) is 0 Å². The smallest absolute Gasteiger partial charge is 0.0463 e. The third-order valence-corrected chi connectivity index (χ3v) is 5.34. The van der Waals surface area contributed by atoms with Gasteiger partial charge in [-0.1, -0.05) is 62.6 Å². The van der Waals surface area contributed by atoms with Crippen LogP contribution >= 0.6 is 0 Å². The van der Waals surface area contributed by atoms with Crippen LogP contribution in [0.15, 0.2) is 78.9 Å². The van der Waals surface area contributed by atoms with Crippen LogP contribution < -0.4 is 9.80 Å². The molecule has 0 aliphatic heterocycles. The van der Waals surface area contributed by atoms with Gasteiger partial charge in [0.15, 0.2) is 0 Å². The molecule has 0 unspecified atom stereocenters. The number of aryl methyl sites for hydroxylation is 1. The Labute approximate surface area is 176 Å².